The summed E-state index contributed by atoms with van der Waals surface area (Å²) in [4.78, 5) is 3.95. The molecule has 1 atom stereocenters. The highest BCUT2D eigenvalue weighted by Gasteiger charge is 2.37. The molecule has 0 fully saturated rings. The molecular weight excluding hydrogens is 241 g/mol. The molecule has 0 saturated carbocycles. The molecule has 1 heterocycles. The zero-order chi connectivity index (χ0) is 13.9. The number of aromatic nitrogens is 1. The van der Waals surface area contributed by atoms with Crippen molar-refractivity contribution in [3.05, 3.63) is 22.9 Å². The number of hydrogen-bond acceptors (Lipinski definition) is 2. The van der Waals surface area contributed by atoms with E-state index in [1.165, 1.54) is 13.0 Å². The van der Waals surface area contributed by atoms with E-state index in [1.807, 2.05) is 13.8 Å². The molecule has 102 valence electrons. The van der Waals surface area contributed by atoms with E-state index in [9.17, 15) is 13.2 Å². The van der Waals surface area contributed by atoms with Gasteiger partial charge in [-0.05, 0) is 31.4 Å². The average Bonchev–Trinajstić information content (AvgIpc) is 2.22. The van der Waals surface area contributed by atoms with Gasteiger partial charge in [-0.25, -0.2) is 4.98 Å². The molecule has 1 unspecified atom stereocenters. The Labute approximate surface area is 105 Å². The van der Waals surface area contributed by atoms with E-state index in [0.29, 0.717) is 12.8 Å². The number of hydrogen-bond donors (Lipinski definition) is 1. The van der Waals surface area contributed by atoms with Crippen LogP contribution in [0.25, 0.3) is 0 Å². The van der Waals surface area contributed by atoms with Crippen LogP contribution in [0.5, 0.6) is 0 Å². The Bertz CT molecular complexity index is 413. The Kier molecular flexibility index (Phi) is 4.59. The smallest absolute Gasteiger partial charge is 0.384 e. The first-order valence-electron chi connectivity index (χ1n) is 6.15. The lowest BCUT2D eigenvalue weighted by Crippen LogP contribution is -2.17. The number of rotatable bonds is 4. The summed E-state index contributed by atoms with van der Waals surface area (Å²) in [5, 5.41) is 0. The predicted octanol–water partition coefficient (Wildman–Crippen LogP) is 4.28. The van der Waals surface area contributed by atoms with Crippen molar-refractivity contribution in [2.45, 2.75) is 52.1 Å². The quantitative estimate of drug-likeness (QED) is 0.877. The van der Waals surface area contributed by atoms with Crippen LogP contribution >= 0.6 is 0 Å². The van der Waals surface area contributed by atoms with Crippen LogP contribution < -0.4 is 5.73 Å². The molecule has 1 aromatic heterocycles. The zero-order valence-corrected chi connectivity index (χ0v) is 10.9. The van der Waals surface area contributed by atoms with Crippen molar-refractivity contribution >= 4 is 5.82 Å². The summed E-state index contributed by atoms with van der Waals surface area (Å²) >= 11 is 0. The summed E-state index contributed by atoms with van der Waals surface area (Å²) in [6.07, 6.45) is -2.23. The van der Waals surface area contributed by atoms with Crippen molar-refractivity contribution in [2.24, 2.45) is 0 Å². The summed E-state index contributed by atoms with van der Waals surface area (Å²) in [7, 11) is 0. The number of nitrogen functional groups attached to an aromatic ring is 1. The second-order valence-electron chi connectivity index (χ2n) is 4.52. The molecular formula is C13H19F3N2. The fraction of sp³-hybridized carbons (Fsp3) is 0.615. The van der Waals surface area contributed by atoms with Gasteiger partial charge in [-0.2, -0.15) is 13.2 Å². The zero-order valence-electron chi connectivity index (χ0n) is 10.9. The lowest BCUT2D eigenvalue weighted by molar-refractivity contribution is -0.139. The summed E-state index contributed by atoms with van der Waals surface area (Å²) in [5.74, 6) is -0.0288. The first kappa shape index (κ1) is 14.8. The van der Waals surface area contributed by atoms with Crippen LogP contribution in [0.3, 0.4) is 0 Å². The van der Waals surface area contributed by atoms with Gasteiger partial charge in [0.15, 0.2) is 0 Å². The molecule has 5 heteroatoms. The average molecular weight is 260 g/mol. The maximum atomic E-state index is 13.1. The molecule has 0 aliphatic heterocycles. The number of anilines is 1. The van der Waals surface area contributed by atoms with Crippen molar-refractivity contribution in [2.75, 3.05) is 5.73 Å². The number of nitrogens with zero attached hydrogens (tertiary/aromatic N) is 1. The van der Waals surface area contributed by atoms with Crippen LogP contribution in [0.2, 0.25) is 0 Å². The Balaban J connectivity index is 3.39. The van der Waals surface area contributed by atoms with Gasteiger partial charge in [-0.3, -0.25) is 0 Å². The summed E-state index contributed by atoms with van der Waals surface area (Å²) in [5.41, 5.74) is 5.22. The molecule has 0 aliphatic carbocycles. The van der Waals surface area contributed by atoms with Crippen LogP contribution in [0.4, 0.5) is 19.0 Å². The van der Waals surface area contributed by atoms with Gasteiger partial charge < -0.3 is 5.73 Å². The molecule has 2 N–H and O–H groups in total. The fourth-order valence-corrected chi connectivity index (χ4v) is 2.27. The first-order valence-corrected chi connectivity index (χ1v) is 6.15. The highest BCUT2D eigenvalue weighted by molar-refractivity contribution is 5.43. The molecule has 0 aromatic carbocycles. The van der Waals surface area contributed by atoms with Crippen molar-refractivity contribution < 1.29 is 13.2 Å². The summed E-state index contributed by atoms with van der Waals surface area (Å²) in [6.45, 7) is 5.26. The van der Waals surface area contributed by atoms with Gasteiger partial charge in [0.2, 0.25) is 0 Å². The topological polar surface area (TPSA) is 38.9 Å². The van der Waals surface area contributed by atoms with Gasteiger partial charge in [0, 0.05) is 5.92 Å². The minimum atomic E-state index is -4.37. The molecule has 0 radical (unpaired) electrons. The van der Waals surface area contributed by atoms with Crippen LogP contribution in [0, 0.1) is 6.92 Å². The van der Waals surface area contributed by atoms with E-state index in [4.69, 9.17) is 5.73 Å². The predicted molar refractivity (Wildman–Crippen MR) is 66.3 cm³/mol. The Hall–Kier alpha value is -1.26. The number of halogens is 3. The molecule has 18 heavy (non-hydrogen) atoms. The van der Waals surface area contributed by atoms with E-state index >= 15 is 0 Å². The van der Waals surface area contributed by atoms with Crippen molar-refractivity contribution in [3.63, 3.8) is 0 Å². The second-order valence-corrected chi connectivity index (χ2v) is 4.52. The van der Waals surface area contributed by atoms with E-state index in [0.717, 1.165) is 6.42 Å². The van der Waals surface area contributed by atoms with E-state index in [2.05, 4.69) is 4.98 Å². The van der Waals surface area contributed by atoms with Crippen molar-refractivity contribution in [1.29, 1.82) is 0 Å². The number of nitrogens with two attached hydrogens (primary N) is 1. The highest BCUT2D eigenvalue weighted by Crippen LogP contribution is 2.39. The normalized spacial score (nSPS) is 13.7. The first-order chi connectivity index (χ1) is 8.31. The Morgan fingerprint density at radius 3 is 2.39 bits per heavy atom. The van der Waals surface area contributed by atoms with E-state index in [-0.39, 0.29) is 23.0 Å². The van der Waals surface area contributed by atoms with Gasteiger partial charge in [0.05, 0.1) is 11.3 Å². The third kappa shape index (κ3) is 3.15. The lowest BCUT2D eigenvalue weighted by atomic mass is 9.91. The van der Waals surface area contributed by atoms with E-state index < -0.39 is 11.7 Å². The Morgan fingerprint density at radius 1 is 1.33 bits per heavy atom. The molecule has 0 saturated heterocycles. The number of alkyl halides is 3. The van der Waals surface area contributed by atoms with Crippen LogP contribution in [-0.4, -0.2) is 4.98 Å². The third-order valence-corrected chi connectivity index (χ3v) is 3.06. The van der Waals surface area contributed by atoms with Gasteiger partial charge >= 0.3 is 6.18 Å². The highest BCUT2D eigenvalue weighted by atomic mass is 19.4. The fourth-order valence-electron chi connectivity index (χ4n) is 2.27. The molecule has 2 nitrogen and oxygen atoms in total. The van der Waals surface area contributed by atoms with Gasteiger partial charge in [0.1, 0.15) is 5.82 Å². The molecule has 0 spiro atoms. The Morgan fingerprint density at radius 2 is 1.94 bits per heavy atom. The largest absolute Gasteiger partial charge is 0.418 e. The van der Waals surface area contributed by atoms with Crippen LogP contribution in [0.15, 0.2) is 6.07 Å². The molecule has 0 aliphatic rings. The van der Waals surface area contributed by atoms with Crippen molar-refractivity contribution in [3.8, 4) is 0 Å². The monoisotopic (exact) mass is 260 g/mol. The van der Waals surface area contributed by atoms with E-state index in [1.54, 1.807) is 0 Å². The van der Waals surface area contributed by atoms with Crippen LogP contribution in [0.1, 0.15) is 55.8 Å². The van der Waals surface area contributed by atoms with Crippen molar-refractivity contribution in [1.82, 2.24) is 4.98 Å². The van der Waals surface area contributed by atoms with Gasteiger partial charge in [-0.15, -0.1) is 0 Å². The van der Waals surface area contributed by atoms with Gasteiger partial charge in [-0.1, -0.05) is 20.3 Å². The number of pyridine rings is 1. The minimum Gasteiger partial charge on any atom is -0.384 e. The van der Waals surface area contributed by atoms with Gasteiger partial charge in [0.25, 0.3) is 0 Å². The standard InChI is InChI=1S/C13H19F3N2/c1-4-6-9(5-2)12-11(13(14,15)16)8(3)7-10(17)18-12/h7,9H,4-6H2,1-3H3,(H2,17,18). The second kappa shape index (κ2) is 5.59. The number of aryl methyl sites for hydroxylation is 1. The lowest BCUT2D eigenvalue weighted by Gasteiger charge is -2.21. The van der Waals surface area contributed by atoms with Crippen LogP contribution in [-0.2, 0) is 6.18 Å². The maximum Gasteiger partial charge on any atom is 0.418 e. The molecule has 1 aromatic rings. The molecule has 1 rings (SSSR count). The SMILES string of the molecule is CCCC(CC)c1nc(N)cc(C)c1C(F)(F)F. The maximum absolute atomic E-state index is 13.1. The molecule has 0 amide bonds. The molecule has 0 bridgehead atoms. The minimum absolute atomic E-state index is 0.101. The third-order valence-electron chi connectivity index (χ3n) is 3.06. The summed E-state index contributed by atoms with van der Waals surface area (Å²) < 4.78 is 39.3. The summed E-state index contributed by atoms with van der Waals surface area (Å²) in [6, 6.07) is 1.28.